The molecule has 0 aliphatic carbocycles. The van der Waals surface area contributed by atoms with E-state index in [2.05, 4.69) is 4.90 Å². The van der Waals surface area contributed by atoms with E-state index < -0.39 is 11.8 Å². The molecule has 0 saturated carbocycles. The molecule has 0 heterocycles. The summed E-state index contributed by atoms with van der Waals surface area (Å²) in [5.41, 5.74) is 0.442. The summed E-state index contributed by atoms with van der Waals surface area (Å²) >= 11 is 0. The number of hydrogen-bond donors (Lipinski definition) is 1. The van der Waals surface area contributed by atoms with Crippen LogP contribution in [-0.4, -0.2) is 56.5 Å². The highest BCUT2D eigenvalue weighted by atomic mass is 19.1. The molecule has 0 radical (unpaired) electrons. The first-order valence-electron chi connectivity index (χ1n) is 6.30. The number of hydrogen-bond acceptors (Lipinski definition) is 4. The molecular weight excluding hydrogens is 265 g/mol. The first-order chi connectivity index (χ1) is 9.58. The summed E-state index contributed by atoms with van der Waals surface area (Å²) in [6.07, 6.45) is 0. The molecule has 0 saturated heterocycles. The first kappa shape index (κ1) is 16.6. The minimum absolute atomic E-state index is 0.305. The summed E-state index contributed by atoms with van der Waals surface area (Å²) in [7, 11) is 3.24. The molecule has 0 aromatic heterocycles. The predicted molar refractivity (Wildman–Crippen MR) is 72.4 cm³/mol. The second-order valence-corrected chi connectivity index (χ2v) is 4.38. The van der Waals surface area contributed by atoms with Gasteiger partial charge in [-0.1, -0.05) is 6.07 Å². The number of carbonyl (C=O) groups is 1. The lowest BCUT2D eigenvalue weighted by Gasteiger charge is -2.21. The molecule has 1 aromatic carbocycles. The van der Waals surface area contributed by atoms with Crippen molar-refractivity contribution in [2.45, 2.75) is 6.54 Å². The zero-order valence-electron chi connectivity index (χ0n) is 11.8. The van der Waals surface area contributed by atoms with E-state index in [1.165, 1.54) is 12.1 Å². The SMILES string of the molecule is COCCN(CCOC)Cc1ccc(F)c(C(=O)O)c1. The van der Waals surface area contributed by atoms with Gasteiger partial charge in [-0.15, -0.1) is 0 Å². The van der Waals surface area contributed by atoms with Crippen LogP contribution in [0.5, 0.6) is 0 Å². The maximum absolute atomic E-state index is 13.3. The van der Waals surface area contributed by atoms with E-state index >= 15 is 0 Å². The van der Waals surface area contributed by atoms with Crippen LogP contribution < -0.4 is 0 Å². The molecule has 1 aromatic rings. The van der Waals surface area contributed by atoms with Crippen molar-refractivity contribution in [2.24, 2.45) is 0 Å². The summed E-state index contributed by atoms with van der Waals surface area (Å²) in [5.74, 6) is -1.98. The molecule has 0 aliphatic heterocycles. The van der Waals surface area contributed by atoms with Crippen LogP contribution in [0.2, 0.25) is 0 Å². The molecule has 0 atom stereocenters. The maximum atomic E-state index is 13.3. The molecule has 20 heavy (non-hydrogen) atoms. The summed E-state index contributed by atoms with van der Waals surface area (Å²) in [6, 6.07) is 4.14. The van der Waals surface area contributed by atoms with Gasteiger partial charge in [-0.05, 0) is 17.7 Å². The number of nitrogens with zero attached hydrogens (tertiary/aromatic N) is 1. The van der Waals surface area contributed by atoms with E-state index in [-0.39, 0.29) is 5.56 Å². The Labute approximate surface area is 117 Å². The van der Waals surface area contributed by atoms with Crippen LogP contribution in [0.3, 0.4) is 0 Å². The topological polar surface area (TPSA) is 59.0 Å². The third kappa shape index (κ3) is 5.24. The van der Waals surface area contributed by atoms with Gasteiger partial charge in [-0.2, -0.15) is 0 Å². The number of aromatic carboxylic acids is 1. The molecule has 0 fully saturated rings. The van der Waals surface area contributed by atoms with Crippen LogP contribution in [0, 0.1) is 5.82 Å². The van der Waals surface area contributed by atoms with Crippen molar-refractivity contribution in [3.63, 3.8) is 0 Å². The van der Waals surface area contributed by atoms with E-state index in [0.717, 1.165) is 5.56 Å². The number of carboxylic acids is 1. The van der Waals surface area contributed by atoms with Gasteiger partial charge in [-0.25, -0.2) is 9.18 Å². The van der Waals surface area contributed by atoms with Gasteiger partial charge in [0.25, 0.3) is 0 Å². The van der Waals surface area contributed by atoms with Crippen molar-refractivity contribution in [1.29, 1.82) is 0 Å². The van der Waals surface area contributed by atoms with Crippen molar-refractivity contribution >= 4 is 5.97 Å². The lowest BCUT2D eigenvalue weighted by molar-refractivity contribution is 0.0691. The van der Waals surface area contributed by atoms with Gasteiger partial charge >= 0.3 is 5.97 Å². The quantitative estimate of drug-likeness (QED) is 0.747. The van der Waals surface area contributed by atoms with Crippen LogP contribution in [0.4, 0.5) is 4.39 Å². The fourth-order valence-electron chi connectivity index (χ4n) is 1.80. The normalized spacial score (nSPS) is 11.0. The van der Waals surface area contributed by atoms with Crippen LogP contribution in [0.1, 0.15) is 15.9 Å². The largest absolute Gasteiger partial charge is 0.478 e. The fourth-order valence-corrected chi connectivity index (χ4v) is 1.80. The number of carboxylic acid groups (broad SMARTS) is 1. The molecule has 112 valence electrons. The van der Waals surface area contributed by atoms with Crippen LogP contribution >= 0.6 is 0 Å². The van der Waals surface area contributed by atoms with E-state index in [9.17, 15) is 9.18 Å². The third-order valence-electron chi connectivity index (χ3n) is 2.89. The molecule has 6 heteroatoms. The molecule has 0 spiro atoms. The predicted octanol–water partition coefficient (Wildman–Crippen LogP) is 1.62. The Morgan fingerprint density at radius 1 is 1.25 bits per heavy atom. The minimum atomic E-state index is -1.26. The number of halogens is 1. The molecule has 1 rings (SSSR count). The Bertz CT molecular complexity index is 431. The summed E-state index contributed by atoms with van der Waals surface area (Å²) in [6.45, 7) is 3.04. The lowest BCUT2D eigenvalue weighted by Crippen LogP contribution is -2.30. The van der Waals surface area contributed by atoms with Gasteiger partial charge in [0.1, 0.15) is 5.82 Å². The Hall–Kier alpha value is -1.50. The second-order valence-electron chi connectivity index (χ2n) is 4.38. The third-order valence-corrected chi connectivity index (χ3v) is 2.89. The highest BCUT2D eigenvalue weighted by Crippen LogP contribution is 2.12. The van der Waals surface area contributed by atoms with Crippen LogP contribution in [-0.2, 0) is 16.0 Å². The van der Waals surface area contributed by atoms with Gasteiger partial charge in [0.15, 0.2) is 0 Å². The van der Waals surface area contributed by atoms with E-state index in [1.54, 1.807) is 20.3 Å². The zero-order chi connectivity index (χ0) is 15.0. The average molecular weight is 285 g/mol. The number of ether oxygens (including phenoxy) is 2. The Morgan fingerprint density at radius 2 is 1.85 bits per heavy atom. The van der Waals surface area contributed by atoms with Gasteiger partial charge < -0.3 is 14.6 Å². The van der Waals surface area contributed by atoms with Crippen molar-refractivity contribution in [1.82, 2.24) is 4.90 Å². The minimum Gasteiger partial charge on any atom is -0.478 e. The Balaban J connectivity index is 2.76. The fraction of sp³-hybridized carbons (Fsp3) is 0.500. The average Bonchev–Trinajstić information content (AvgIpc) is 2.43. The number of benzene rings is 1. The van der Waals surface area contributed by atoms with Gasteiger partial charge in [0.2, 0.25) is 0 Å². The van der Waals surface area contributed by atoms with E-state index in [0.29, 0.717) is 32.8 Å². The first-order valence-corrected chi connectivity index (χ1v) is 6.30. The van der Waals surface area contributed by atoms with Crippen LogP contribution in [0.25, 0.3) is 0 Å². The van der Waals surface area contributed by atoms with E-state index in [4.69, 9.17) is 14.6 Å². The Kier molecular flexibility index (Phi) is 7.14. The molecule has 1 N–H and O–H groups in total. The molecule has 0 bridgehead atoms. The monoisotopic (exact) mass is 285 g/mol. The zero-order valence-corrected chi connectivity index (χ0v) is 11.8. The Morgan fingerprint density at radius 3 is 2.35 bits per heavy atom. The molecule has 0 aliphatic rings. The van der Waals surface area contributed by atoms with Crippen molar-refractivity contribution in [3.05, 3.63) is 35.1 Å². The molecule has 0 amide bonds. The van der Waals surface area contributed by atoms with Crippen molar-refractivity contribution in [2.75, 3.05) is 40.5 Å². The lowest BCUT2D eigenvalue weighted by atomic mass is 10.1. The summed E-state index contributed by atoms with van der Waals surface area (Å²) < 4.78 is 23.4. The van der Waals surface area contributed by atoms with E-state index in [1.807, 2.05) is 0 Å². The van der Waals surface area contributed by atoms with Crippen molar-refractivity contribution < 1.29 is 23.8 Å². The van der Waals surface area contributed by atoms with Crippen molar-refractivity contribution in [3.8, 4) is 0 Å². The van der Waals surface area contributed by atoms with Gasteiger partial charge in [0, 0.05) is 33.9 Å². The van der Waals surface area contributed by atoms with Gasteiger partial charge in [0.05, 0.1) is 18.8 Å². The molecular formula is C14H20FNO4. The second kappa shape index (κ2) is 8.63. The highest BCUT2D eigenvalue weighted by molar-refractivity contribution is 5.88. The van der Waals surface area contributed by atoms with Crippen LogP contribution in [0.15, 0.2) is 18.2 Å². The van der Waals surface area contributed by atoms with Gasteiger partial charge in [-0.3, -0.25) is 4.90 Å². The number of methoxy groups -OCH3 is 2. The highest BCUT2D eigenvalue weighted by Gasteiger charge is 2.12. The molecule has 0 unspecified atom stereocenters. The summed E-state index contributed by atoms with van der Waals surface area (Å²) in [5, 5.41) is 8.91. The standard InChI is InChI=1S/C14H20FNO4/c1-19-7-5-16(6-8-20-2)10-11-3-4-13(15)12(9-11)14(17)18/h3-4,9H,5-8,10H2,1-2H3,(H,17,18). The number of rotatable bonds is 9. The summed E-state index contributed by atoms with van der Waals surface area (Å²) in [4.78, 5) is 13.0. The maximum Gasteiger partial charge on any atom is 0.338 e. The molecule has 5 nitrogen and oxygen atoms in total. The smallest absolute Gasteiger partial charge is 0.338 e.